The Morgan fingerprint density at radius 1 is 0.960 bits per heavy atom. The molecule has 0 unspecified atom stereocenters. The molecule has 0 saturated heterocycles. The quantitative estimate of drug-likeness (QED) is 0.804. The average Bonchev–Trinajstić information content (AvgIpc) is 2.78. The standard InChI is InChI=1S/C19H19N3O3/c1-11(23)20-13-5-7-14(8-6-13)21-17(24)12-4-9-16-15(10-12)19(2,3)18(25)22-16/h4-10H,1-3H3,(H,20,23)(H,21,24)(H,22,25). The normalized spacial score (nSPS) is 14.4. The van der Waals surface area contributed by atoms with Crippen LogP contribution in [0.1, 0.15) is 36.7 Å². The first kappa shape index (κ1) is 16.7. The van der Waals surface area contributed by atoms with Gasteiger partial charge in [0, 0.05) is 29.5 Å². The molecule has 0 atom stereocenters. The van der Waals surface area contributed by atoms with E-state index in [1.54, 1.807) is 42.5 Å². The van der Waals surface area contributed by atoms with E-state index in [0.29, 0.717) is 16.9 Å². The Kier molecular flexibility index (Phi) is 4.04. The van der Waals surface area contributed by atoms with E-state index in [2.05, 4.69) is 16.0 Å². The summed E-state index contributed by atoms with van der Waals surface area (Å²) in [4.78, 5) is 35.5. The Labute approximate surface area is 145 Å². The van der Waals surface area contributed by atoms with Crippen molar-refractivity contribution in [1.82, 2.24) is 0 Å². The largest absolute Gasteiger partial charge is 0.326 e. The molecule has 1 heterocycles. The zero-order valence-electron chi connectivity index (χ0n) is 14.3. The lowest BCUT2D eigenvalue weighted by atomic mass is 9.85. The molecule has 25 heavy (non-hydrogen) atoms. The fourth-order valence-corrected chi connectivity index (χ4v) is 2.76. The molecular formula is C19H19N3O3. The SMILES string of the molecule is CC(=O)Nc1ccc(NC(=O)c2ccc3c(c2)C(C)(C)C(=O)N3)cc1. The monoisotopic (exact) mass is 337 g/mol. The molecule has 0 saturated carbocycles. The van der Waals surface area contributed by atoms with Crippen LogP contribution < -0.4 is 16.0 Å². The van der Waals surface area contributed by atoms with E-state index in [9.17, 15) is 14.4 Å². The number of carbonyl (C=O) groups is 3. The molecule has 0 spiro atoms. The summed E-state index contributed by atoms with van der Waals surface area (Å²) in [6.45, 7) is 5.10. The van der Waals surface area contributed by atoms with Crippen molar-refractivity contribution in [3.8, 4) is 0 Å². The lowest BCUT2D eigenvalue weighted by Gasteiger charge is -2.15. The molecule has 0 fully saturated rings. The van der Waals surface area contributed by atoms with Crippen molar-refractivity contribution in [2.45, 2.75) is 26.2 Å². The second-order valence-corrected chi connectivity index (χ2v) is 6.55. The van der Waals surface area contributed by atoms with Gasteiger partial charge in [0.2, 0.25) is 11.8 Å². The second kappa shape index (κ2) is 6.05. The molecule has 1 aliphatic heterocycles. The van der Waals surface area contributed by atoms with Crippen LogP contribution in [0.2, 0.25) is 0 Å². The van der Waals surface area contributed by atoms with Crippen LogP contribution in [-0.4, -0.2) is 17.7 Å². The third-order valence-electron chi connectivity index (χ3n) is 4.23. The van der Waals surface area contributed by atoms with Crippen LogP contribution in [0, 0.1) is 0 Å². The molecule has 0 radical (unpaired) electrons. The summed E-state index contributed by atoms with van der Waals surface area (Å²) in [5.74, 6) is -0.487. The topological polar surface area (TPSA) is 87.3 Å². The molecule has 0 aliphatic carbocycles. The van der Waals surface area contributed by atoms with E-state index in [4.69, 9.17) is 0 Å². The van der Waals surface area contributed by atoms with Crippen LogP contribution in [0.4, 0.5) is 17.1 Å². The Morgan fingerprint density at radius 2 is 1.56 bits per heavy atom. The van der Waals surface area contributed by atoms with Gasteiger partial charge in [-0.05, 0) is 61.9 Å². The van der Waals surface area contributed by atoms with E-state index < -0.39 is 5.41 Å². The van der Waals surface area contributed by atoms with Crippen LogP contribution in [0.5, 0.6) is 0 Å². The first-order valence-corrected chi connectivity index (χ1v) is 7.92. The third-order valence-corrected chi connectivity index (χ3v) is 4.23. The highest BCUT2D eigenvalue weighted by Gasteiger charge is 2.38. The predicted molar refractivity (Wildman–Crippen MR) is 96.8 cm³/mol. The Bertz CT molecular complexity index is 870. The highest BCUT2D eigenvalue weighted by Crippen LogP contribution is 2.37. The maximum Gasteiger partial charge on any atom is 0.255 e. The van der Waals surface area contributed by atoms with Gasteiger partial charge in [0.25, 0.3) is 5.91 Å². The van der Waals surface area contributed by atoms with Gasteiger partial charge in [0.05, 0.1) is 5.41 Å². The summed E-state index contributed by atoms with van der Waals surface area (Å²) in [7, 11) is 0. The van der Waals surface area contributed by atoms with Crippen molar-refractivity contribution < 1.29 is 14.4 Å². The molecule has 3 N–H and O–H groups in total. The first-order chi connectivity index (χ1) is 11.8. The fraction of sp³-hybridized carbons (Fsp3) is 0.211. The Morgan fingerprint density at radius 3 is 2.16 bits per heavy atom. The van der Waals surface area contributed by atoms with Gasteiger partial charge < -0.3 is 16.0 Å². The predicted octanol–water partition coefficient (Wildman–Crippen LogP) is 3.13. The third kappa shape index (κ3) is 3.24. The number of carbonyl (C=O) groups excluding carboxylic acids is 3. The average molecular weight is 337 g/mol. The number of fused-ring (bicyclic) bond motifs is 1. The van der Waals surface area contributed by atoms with Crippen molar-refractivity contribution in [2.24, 2.45) is 0 Å². The number of rotatable bonds is 3. The highest BCUT2D eigenvalue weighted by atomic mass is 16.2. The maximum atomic E-state index is 12.5. The van der Waals surface area contributed by atoms with Crippen LogP contribution in [0.3, 0.4) is 0 Å². The van der Waals surface area contributed by atoms with E-state index in [1.165, 1.54) is 6.92 Å². The summed E-state index contributed by atoms with van der Waals surface area (Å²) < 4.78 is 0. The zero-order valence-corrected chi connectivity index (χ0v) is 14.3. The minimum absolute atomic E-state index is 0.0754. The van der Waals surface area contributed by atoms with Crippen molar-refractivity contribution >= 4 is 34.8 Å². The molecule has 2 aromatic rings. The van der Waals surface area contributed by atoms with Gasteiger partial charge in [0.1, 0.15) is 0 Å². The summed E-state index contributed by atoms with van der Waals surface area (Å²) >= 11 is 0. The number of hydrogen-bond acceptors (Lipinski definition) is 3. The molecule has 0 aromatic heterocycles. The zero-order chi connectivity index (χ0) is 18.2. The lowest BCUT2D eigenvalue weighted by molar-refractivity contribution is -0.119. The molecule has 3 rings (SSSR count). The van der Waals surface area contributed by atoms with E-state index >= 15 is 0 Å². The van der Waals surface area contributed by atoms with Gasteiger partial charge in [-0.1, -0.05) is 0 Å². The second-order valence-electron chi connectivity index (χ2n) is 6.55. The maximum absolute atomic E-state index is 12.5. The van der Waals surface area contributed by atoms with Gasteiger partial charge in [-0.3, -0.25) is 14.4 Å². The molecule has 6 heteroatoms. The van der Waals surface area contributed by atoms with Crippen LogP contribution in [-0.2, 0) is 15.0 Å². The van der Waals surface area contributed by atoms with Gasteiger partial charge in [0.15, 0.2) is 0 Å². The summed E-state index contributed by atoms with van der Waals surface area (Å²) in [5.41, 5.74) is 2.65. The van der Waals surface area contributed by atoms with E-state index in [0.717, 1.165) is 11.3 Å². The summed E-state index contributed by atoms with van der Waals surface area (Å²) in [6.07, 6.45) is 0. The van der Waals surface area contributed by atoms with Crippen molar-refractivity contribution in [3.05, 3.63) is 53.6 Å². The molecule has 2 aromatic carbocycles. The molecule has 1 aliphatic rings. The smallest absolute Gasteiger partial charge is 0.255 e. The molecular weight excluding hydrogens is 318 g/mol. The highest BCUT2D eigenvalue weighted by molar-refractivity contribution is 6.09. The molecule has 3 amide bonds. The molecule has 6 nitrogen and oxygen atoms in total. The number of hydrogen-bond donors (Lipinski definition) is 3. The van der Waals surface area contributed by atoms with Crippen LogP contribution in [0.15, 0.2) is 42.5 Å². The summed E-state index contributed by atoms with van der Waals surface area (Å²) in [5, 5.41) is 8.30. The number of anilines is 3. The van der Waals surface area contributed by atoms with Gasteiger partial charge in [-0.15, -0.1) is 0 Å². The summed E-state index contributed by atoms with van der Waals surface area (Å²) in [6, 6.07) is 12.0. The van der Waals surface area contributed by atoms with Crippen molar-refractivity contribution in [2.75, 3.05) is 16.0 Å². The Balaban J connectivity index is 1.77. The number of benzene rings is 2. The minimum atomic E-state index is -0.661. The van der Waals surface area contributed by atoms with E-state index in [-0.39, 0.29) is 17.7 Å². The lowest BCUT2D eigenvalue weighted by Crippen LogP contribution is -2.27. The number of nitrogens with one attached hydrogen (secondary N) is 3. The van der Waals surface area contributed by atoms with Crippen LogP contribution in [0.25, 0.3) is 0 Å². The minimum Gasteiger partial charge on any atom is -0.326 e. The fourth-order valence-electron chi connectivity index (χ4n) is 2.76. The van der Waals surface area contributed by atoms with Gasteiger partial charge >= 0.3 is 0 Å². The first-order valence-electron chi connectivity index (χ1n) is 7.92. The van der Waals surface area contributed by atoms with Gasteiger partial charge in [-0.25, -0.2) is 0 Å². The van der Waals surface area contributed by atoms with Crippen LogP contribution >= 0.6 is 0 Å². The van der Waals surface area contributed by atoms with Crippen molar-refractivity contribution in [1.29, 1.82) is 0 Å². The molecule has 0 bridgehead atoms. The Hall–Kier alpha value is -3.15. The van der Waals surface area contributed by atoms with Crippen molar-refractivity contribution in [3.63, 3.8) is 0 Å². The van der Waals surface area contributed by atoms with E-state index in [1.807, 2.05) is 13.8 Å². The number of amides is 3. The van der Waals surface area contributed by atoms with Gasteiger partial charge in [-0.2, -0.15) is 0 Å². The molecule has 128 valence electrons.